The summed E-state index contributed by atoms with van der Waals surface area (Å²) in [7, 11) is -11.1. The number of rotatable bonds is 21. The number of nitrogens with one attached hydrogen (secondary N) is 3. The molecule has 6 atom stereocenters. The Balaban J connectivity index is 0.000000406. The molecule has 0 radical (unpaired) electrons. The van der Waals surface area contributed by atoms with E-state index in [1.807, 2.05) is 32.0 Å². The molecule has 0 spiro atoms. The lowest BCUT2D eigenvalue weighted by molar-refractivity contribution is -0.140. The van der Waals surface area contributed by atoms with Crippen molar-refractivity contribution < 1.29 is 58.1 Å². The highest BCUT2D eigenvalue weighted by molar-refractivity contribution is 7.55. The third kappa shape index (κ3) is 21.4. The normalized spacial score (nSPS) is 15.9. The topological polar surface area (TPSA) is 260 Å². The van der Waals surface area contributed by atoms with Crippen LogP contribution in [0.15, 0.2) is 91.0 Å². The third-order valence-corrected chi connectivity index (χ3v) is 12.0. The van der Waals surface area contributed by atoms with E-state index in [-0.39, 0.29) is 24.9 Å². The van der Waals surface area contributed by atoms with Crippen LogP contribution in [0.3, 0.4) is 0 Å². The van der Waals surface area contributed by atoms with E-state index in [1.165, 1.54) is 0 Å². The van der Waals surface area contributed by atoms with Gasteiger partial charge in [0.25, 0.3) is 22.6 Å². The minimum Gasteiger partial charge on any atom is -0.480 e. The number of unbranched alkanes of at least 4 members (excludes halogenated alkanes) is 1. The fourth-order valence-electron chi connectivity index (χ4n) is 4.86. The van der Waals surface area contributed by atoms with Crippen LogP contribution >= 0.6 is 22.6 Å². The first kappa shape index (κ1) is 48.5. The summed E-state index contributed by atoms with van der Waals surface area (Å²) >= 11 is 0. The number of carbonyl (C=O) groups is 3. The van der Waals surface area contributed by atoms with E-state index in [0.29, 0.717) is 42.4 Å². The van der Waals surface area contributed by atoms with E-state index in [2.05, 4.69) is 15.3 Å². The monoisotopic (exact) mass is 813 g/mol. The standard InChI is InChI=1S/C13H20NO4P.C12H18NO4P.C11H16NO4P/c1-2-3-9-12(13(15)16)14-19(17,18)10-11-7-5-4-6-8-11;1-2-6-11(12(14)15)13-18(16,17)9-10-7-4-3-5-8-10;1-2-10(11(13)14)12-17(15,16)8-9-6-4-3-5-7-9/h4-8,12H,2-3,9-10H2,1H3,(H,15,16)(H2,14,17,18);3-5,7-8,11H,2,6,9H2,1H3,(H,14,15)(H2,13,16,17);3-7,10H,2,8H2,1H3,(H,13,14)(H2,12,15,16). The molecule has 300 valence electrons. The minimum atomic E-state index is -3.70. The summed E-state index contributed by atoms with van der Waals surface area (Å²) < 4.78 is 35.8. The van der Waals surface area contributed by atoms with Crippen LogP contribution in [-0.2, 0) is 46.6 Å². The fraction of sp³-hybridized carbons (Fsp3) is 0.417. The molecule has 0 aliphatic rings. The van der Waals surface area contributed by atoms with Gasteiger partial charge in [-0.2, -0.15) is 0 Å². The summed E-state index contributed by atoms with van der Waals surface area (Å²) in [6.45, 7) is 5.42. The average Bonchev–Trinajstić information content (AvgIpc) is 3.10. The molecule has 6 unspecified atom stereocenters. The highest BCUT2D eigenvalue weighted by Gasteiger charge is 2.29. The molecule has 3 aromatic carbocycles. The van der Waals surface area contributed by atoms with E-state index < -0.39 is 58.6 Å². The van der Waals surface area contributed by atoms with Crippen molar-refractivity contribution in [1.82, 2.24) is 15.3 Å². The molecule has 0 aliphatic carbocycles. The molecule has 0 saturated heterocycles. The molecule has 54 heavy (non-hydrogen) atoms. The SMILES string of the molecule is CCC(NP(=O)(O)Cc1ccccc1)C(=O)O.CCCC(NP(=O)(O)Cc1ccccc1)C(=O)O.CCCCC(NP(=O)(O)Cc1ccccc1)C(=O)O. The maximum atomic E-state index is 12.0. The molecule has 0 fully saturated rings. The van der Waals surface area contributed by atoms with Gasteiger partial charge in [-0.05, 0) is 36.0 Å². The van der Waals surface area contributed by atoms with Gasteiger partial charge in [0, 0.05) is 0 Å². The molecule has 18 heteroatoms. The quantitative estimate of drug-likeness (QED) is 0.0511. The number of hydrogen-bond acceptors (Lipinski definition) is 6. The van der Waals surface area contributed by atoms with Gasteiger partial charge in [0.2, 0.25) is 0 Å². The van der Waals surface area contributed by atoms with Crippen molar-refractivity contribution in [3.8, 4) is 0 Å². The number of aliphatic carboxylic acids is 3. The first-order chi connectivity index (χ1) is 25.3. The van der Waals surface area contributed by atoms with Crippen LogP contribution in [-0.4, -0.2) is 66.0 Å². The van der Waals surface area contributed by atoms with Crippen molar-refractivity contribution >= 4 is 40.5 Å². The minimum absolute atomic E-state index is 0.0657. The third-order valence-electron chi connectivity index (χ3n) is 7.52. The van der Waals surface area contributed by atoms with Crippen LogP contribution in [0, 0.1) is 0 Å². The predicted molar refractivity (Wildman–Crippen MR) is 208 cm³/mol. The van der Waals surface area contributed by atoms with Gasteiger partial charge in [-0.1, -0.05) is 131 Å². The molecule has 3 aromatic rings. The maximum absolute atomic E-state index is 12.0. The maximum Gasteiger partial charge on any atom is 0.321 e. The smallest absolute Gasteiger partial charge is 0.321 e. The summed E-state index contributed by atoms with van der Waals surface area (Å²) in [6.07, 6.45) is 2.92. The van der Waals surface area contributed by atoms with E-state index in [0.717, 1.165) is 6.42 Å². The van der Waals surface area contributed by atoms with Gasteiger partial charge in [-0.3, -0.25) is 28.1 Å². The molecule has 9 N–H and O–H groups in total. The number of hydrogen-bond donors (Lipinski definition) is 9. The fourth-order valence-corrected chi connectivity index (χ4v) is 9.49. The second kappa shape index (κ2) is 24.8. The van der Waals surface area contributed by atoms with E-state index in [4.69, 9.17) is 15.3 Å². The van der Waals surface area contributed by atoms with E-state index in [1.54, 1.807) is 79.7 Å². The second-order valence-corrected chi connectivity index (χ2v) is 18.4. The molecule has 0 amide bonds. The van der Waals surface area contributed by atoms with Crippen LogP contribution < -0.4 is 15.3 Å². The molecule has 0 heterocycles. The summed E-state index contributed by atoms with van der Waals surface area (Å²) in [6, 6.07) is 23.6. The Labute approximate surface area is 316 Å². The Kier molecular flexibility index (Phi) is 22.3. The van der Waals surface area contributed by atoms with Crippen LogP contribution in [0.5, 0.6) is 0 Å². The molecule has 3 rings (SSSR count). The Bertz CT molecular complexity index is 1700. The lowest BCUT2D eigenvalue weighted by Gasteiger charge is -2.19. The van der Waals surface area contributed by atoms with Gasteiger partial charge in [0.1, 0.15) is 18.1 Å². The van der Waals surface area contributed by atoms with Gasteiger partial charge in [0.05, 0.1) is 18.5 Å². The predicted octanol–water partition coefficient (Wildman–Crippen LogP) is 6.64. The highest BCUT2D eigenvalue weighted by atomic mass is 31.2. The summed E-state index contributed by atoms with van der Waals surface area (Å²) in [5.74, 6) is -3.30. The van der Waals surface area contributed by atoms with Crippen LogP contribution in [0.1, 0.15) is 76.0 Å². The van der Waals surface area contributed by atoms with Crippen molar-refractivity contribution in [2.75, 3.05) is 0 Å². The largest absolute Gasteiger partial charge is 0.480 e. The molecule has 0 aromatic heterocycles. The highest BCUT2D eigenvalue weighted by Crippen LogP contribution is 2.42. The van der Waals surface area contributed by atoms with Crippen molar-refractivity contribution in [2.24, 2.45) is 0 Å². The lowest BCUT2D eigenvalue weighted by atomic mass is 10.1. The lowest BCUT2D eigenvalue weighted by Crippen LogP contribution is -2.34. The van der Waals surface area contributed by atoms with Crippen molar-refractivity contribution in [2.45, 2.75) is 95.9 Å². The first-order valence-electron chi connectivity index (χ1n) is 17.4. The second-order valence-electron chi connectivity index (χ2n) is 12.4. The number of benzene rings is 3. The van der Waals surface area contributed by atoms with Crippen molar-refractivity contribution in [3.63, 3.8) is 0 Å². The van der Waals surface area contributed by atoms with Gasteiger partial charge in [0.15, 0.2) is 0 Å². The van der Waals surface area contributed by atoms with E-state index >= 15 is 0 Å². The summed E-state index contributed by atoms with van der Waals surface area (Å²) in [5.41, 5.74) is 2.11. The Morgan fingerprint density at radius 2 is 0.796 bits per heavy atom. The van der Waals surface area contributed by atoms with Gasteiger partial charge < -0.3 is 30.0 Å². The van der Waals surface area contributed by atoms with Crippen LogP contribution in [0.25, 0.3) is 0 Å². The van der Waals surface area contributed by atoms with Crippen molar-refractivity contribution in [3.05, 3.63) is 108 Å². The van der Waals surface area contributed by atoms with Crippen molar-refractivity contribution in [1.29, 1.82) is 0 Å². The van der Waals surface area contributed by atoms with E-state index in [9.17, 15) is 42.8 Å². The summed E-state index contributed by atoms with van der Waals surface area (Å²) in [5, 5.41) is 33.8. The molecule has 0 saturated carbocycles. The zero-order valence-electron chi connectivity index (χ0n) is 30.7. The molecule has 0 bridgehead atoms. The van der Waals surface area contributed by atoms with Gasteiger partial charge >= 0.3 is 17.9 Å². The molecular weight excluding hydrogens is 759 g/mol. The summed E-state index contributed by atoms with van der Waals surface area (Å²) in [4.78, 5) is 62.1. The zero-order valence-corrected chi connectivity index (χ0v) is 33.4. The number of carboxylic acid groups (broad SMARTS) is 3. The Morgan fingerprint density at radius 1 is 0.500 bits per heavy atom. The zero-order chi connectivity index (χ0) is 40.8. The number of carboxylic acids is 3. The van der Waals surface area contributed by atoms with Crippen LogP contribution in [0.4, 0.5) is 0 Å². The molecule has 15 nitrogen and oxygen atoms in total. The Hall–Kier alpha value is -3.48. The molecular formula is C36H54N3O12P3. The first-order valence-corrected chi connectivity index (χ1v) is 23.0. The average molecular weight is 814 g/mol. The van der Waals surface area contributed by atoms with Crippen LogP contribution in [0.2, 0.25) is 0 Å². The van der Waals surface area contributed by atoms with Gasteiger partial charge in [-0.15, -0.1) is 0 Å². The Morgan fingerprint density at radius 3 is 1.06 bits per heavy atom. The molecule has 0 aliphatic heterocycles. The van der Waals surface area contributed by atoms with Gasteiger partial charge in [-0.25, -0.2) is 15.3 Å².